The molecule has 0 radical (unpaired) electrons. The maximum absolute atomic E-state index is 11.0. The number of nitrogens with zero attached hydrogens (tertiary/aromatic N) is 10. The number of aromatic nitrogens is 8. The first-order chi connectivity index (χ1) is 21.4. The van der Waals surface area contributed by atoms with Crippen LogP contribution in [0.15, 0.2) is 97.6 Å². The molecule has 2 aromatic heterocycles. The summed E-state index contributed by atoms with van der Waals surface area (Å²) in [5, 5.41) is 39.3. The highest BCUT2D eigenvalue weighted by Crippen LogP contribution is 2.38. The zero-order valence-electron chi connectivity index (χ0n) is 23.2. The van der Waals surface area contributed by atoms with E-state index in [9.17, 15) is 20.2 Å². The molecule has 0 unspecified atom stereocenters. The van der Waals surface area contributed by atoms with Gasteiger partial charge >= 0.3 is 0 Å². The van der Waals surface area contributed by atoms with Crippen molar-refractivity contribution >= 4 is 11.4 Å². The minimum atomic E-state index is -0.466. The van der Waals surface area contributed by atoms with Crippen molar-refractivity contribution in [3.05, 3.63) is 118 Å². The molecule has 2 heterocycles. The Morgan fingerprint density at radius 1 is 0.614 bits per heavy atom. The van der Waals surface area contributed by atoms with E-state index < -0.39 is 9.85 Å². The van der Waals surface area contributed by atoms with Crippen LogP contribution in [0.5, 0.6) is 11.5 Å². The largest absolute Gasteiger partial charge is 0.496 e. The number of hydrogen-bond donors (Lipinski definition) is 0. The summed E-state index contributed by atoms with van der Waals surface area (Å²) in [5.74, 6) is 1.06. The van der Waals surface area contributed by atoms with Gasteiger partial charge in [0.05, 0.1) is 34.3 Å². The number of non-ortho nitro benzene ring substituents is 2. The molecule has 0 spiro atoms. The minimum Gasteiger partial charge on any atom is -0.496 e. The van der Waals surface area contributed by atoms with Gasteiger partial charge in [0, 0.05) is 57.1 Å². The Morgan fingerprint density at radius 2 is 1.00 bits per heavy atom. The van der Waals surface area contributed by atoms with E-state index in [2.05, 4.69) is 20.4 Å². The molecule has 0 atom stereocenters. The smallest absolute Gasteiger partial charge is 0.297 e. The molecule has 6 aromatic rings. The molecule has 218 valence electrons. The Balaban J connectivity index is 1.34. The quantitative estimate of drug-likeness (QED) is 0.138. The van der Waals surface area contributed by atoms with Gasteiger partial charge in [0.1, 0.15) is 22.9 Å². The number of nitro benzene ring substituents is 2. The minimum absolute atomic E-state index is 0.0311. The molecule has 4 aromatic carbocycles. The maximum Gasteiger partial charge on any atom is 0.297 e. The summed E-state index contributed by atoms with van der Waals surface area (Å²) in [7, 11) is 3.11. The molecule has 0 saturated heterocycles. The zero-order valence-corrected chi connectivity index (χ0v) is 23.2. The molecule has 0 aliphatic rings. The summed E-state index contributed by atoms with van der Waals surface area (Å²) in [5.41, 5.74) is 3.83. The Hall–Kier alpha value is -6.58. The zero-order chi connectivity index (χ0) is 30.8. The Morgan fingerprint density at radius 3 is 1.34 bits per heavy atom. The van der Waals surface area contributed by atoms with Crippen LogP contribution in [0, 0.1) is 20.2 Å². The third kappa shape index (κ3) is 5.02. The summed E-state index contributed by atoms with van der Waals surface area (Å²) >= 11 is 0. The van der Waals surface area contributed by atoms with Crippen LogP contribution in [-0.2, 0) is 0 Å². The van der Waals surface area contributed by atoms with Crippen LogP contribution >= 0.6 is 0 Å². The average molecular weight is 595 g/mol. The summed E-state index contributed by atoms with van der Waals surface area (Å²) < 4.78 is 11.5. The number of hydrogen-bond acceptors (Lipinski definition) is 10. The van der Waals surface area contributed by atoms with Gasteiger partial charge in [-0.15, -0.1) is 0 Å². The molecule has 0 fully saturated rings. The van der Waals surface area contributed by atoms with Crippen molar-refractivity contribution in [1.82, 2.24) is 30.0 Å². The third-order valence-corrected chi connectivity index (χ3v) is 6.71. The van der Waals surface area contributed by atoms with Gasteiger partial charge in [-0.1, -0.05) is 0 Å². The normalized spacial score (nSPS) is 10.9. The second-order valence-electron chi connectivity index (χ2n) is 9.17. The lowest BCUT2D eigenvalue weighted by atomic mass is 10.0. The molecular formula is C28H22N10O6+2. The van der Waals surface area contributed by atoms with Crippen molar-refractivity contribution in [2.75, 3.05) is 14.2 Å². The van der Waals surface area contributed by atoms with E-state index in [1.54, 1.807) is 50.6 Å². The fourth-order valence-corrected chi connectivity index (χ4v) is 4.61. The first kappa shape index (κ1) is 27.6. The molecule has 44 heavy (non-hydrogen) atoms. The fraction of sp³-hybridized carbons (Fsp3) is 0.0714. The highest BCUT2D eigenvalue weighted by Gasteiger charge is 2.22. The highest BCUT2D eigenvalue weighted by molar-refractivity contribution is 5.78. The molecule has 16 heteroatoms. The van der Waals surface area contributed by atoms with Crippen molar-refractivity contribution in [2.45, 2.75) is 0 Å². The van der Waals surface area contributed by atoms with Gasteiger partial charge in [0.15, 0.2) is 11.4 Å². The van der Waals surface area contributed by atoms with E-state index >= 15 is 0 Å². The number of rotatable bonds is 9. The van der Waals surface area contributed by atoms with Crippen LogP contribution in [0.25, 0.3) is 33.9 Å². The number of methoxy groups -OCH3 is 2. The van der Waals surface area contributed by atoms with Crippen LogP contribution in [0.3, 0.4) is 0 Å². The Labute approximate surface area is 247 Å². The fourth-order valence-electron chi connectivity index (χ4n) is 4.61. The van der Waals surface area contributed by atoms with Crippen LogP contribution < -0.4 is 19.1 Å². The summed E-state index contributed by atoms with van der Waals surface area (Å²) in [4.78, 5) is 27.3. The van der Waals surface area contributed by atoms with Crippen LogP contribution in [0.4, 0.5) is 11.4 Å². The summed E-state index contributed by atoms with van der Waals surface area (Å²) in [6, 6.07) is 22.9. The monoisotopic (exact) mass is 594 g/mol. The molecule has 0 N–H and O–H groups in total. The highest BCUT2D eigenvalue weighted by atomic mass is 16.6. The molecule has 0 bridgehead atoms. The van der Waals surface area contributed by atoms with Gasteiger partial charge in [-0.25, -0.2) is 0 Å². The first-order valence-electron chi connectivity index (χ1n) is 12.9. The number of ether oxygens (including phenoxy) is 2. The van der Waals surface area contributed by atoms with Crippen molar-refractivity contribution in [2.24, 2.45) is 0 Å². The van der Waals surface area contributed by atoms with Crippen molar-refractivity contribution in [3.8, 4) is 45.4 Å². The number of benzene rings is 4. The van der Waals surface area contributed by atoms with E-state index in [4.69, 9.17) is 9.47 Å². The van der Waals surface area contributed by atoms with E-state index in [0.29, 0.717) is 34.2 Å². The van der Waals surface area contributed by atoms with Crippen LogP contribution in [0.1, 0.15) is 0 Å². The van der Waals surface area contributed by atoms with Gasteiger partial charge in [-0.3, -0.25) is 20.2 Å². The SMILES string of the molecule is COc1cc(-n2ncn[n+]2-c2ccc([N+](=O)[O-])cc2)ccc1-c1ccc(-n2ncn[n+]2-c2ccc([N+](=O)[O-])cc2)cc1OC. The number of tetrazole rings is 2. The maximum atomic E-state index is 11.0. The summed E-state index contributed by atoms with van der Waals surface area (Å²) in [6.07, 6.45) is 2.74. The van der Waals surface area contributed by atoms with Gasteiger partial charge in [0.2, 0.25) is 0 Å². The molecule has 0 amide bonds. The molecule has 0 saturated carbocycles. The van der Waals surface area contributed by atoms with Gasteiger partial charge in [-0.2, -0.15) is 0 Å². The average Bonchev–Trinajstić information content (AvgIpc) is 3.75. The Kier molecular flexibility index (Phi) is 7.12. The topological polar surface area (TPSA) is 174 Å². The van der Waals surface area contributed by atoms with E-state index in [1.165, 1.54) is 56.1 Å². The summed E-state index contributed by atoms with van der Waals surface area (Å²) in [6.45, 7) is 0. The lowest BCUT2D eigenvalue weighted by Gasteiger charge is -2.14. The number of nitro groups is 2. The lowest BCUT2D eigenvalue weighted by molar-refractivity contribution is -0.735. The van der Waals surface area contributed by atoms with Crippen molar-refractivity contribution < 1.29 is 28.9 Å². The second-order valence-corrected chi connectivity index (χ2v) is 9.17. The van der Waals surface area contributed by atoms with E-state index in [1.807, 2.05) is 24.3 Å². The van der Waals surface area contributed by atoms with Gasteiger partial charge in [-0.05, 0) is 68.3 Å². The molecule has 6 rings (SSSR count). The first-order valence-corrected chi connectivity index (χ1v) is 12.9. The van der Waals surface area contributed by atoms with Gasteiger partial charge in [0.25, 0.3) is 24.0 Å². The predicted octanol–water partition coefficient (Wildman–Crippen LogP) is 2.90. The van der Waals surface area contributed by atoms with Crippen molar-refractivity contribution in [3.63, 3.8) is 0 Å². The lowest BCUT2D eigenvalue weighted by Crippen LogP contribution is -2.43. The molecule has 0 aliphatic carbocycles. The van der Waals surface area contributed by atoms with E-state index in [0.717, 1.165) is 11.1 Å². The van der Waals surface area contributed by atoms with Crippen LogP contribution in [-0.4, -0.2) is 54.1 Å². The van der Waals surface area contributed by atoms with Crippen molar-refractivity contribution in [1.29, 1.82) is 0 Å². The molecular weight excluding hydrogens is 572 g/mol. The van der Waals surface area contributed by atoms with E-state index in [-0.39, 0.29) is 11.4 Å². The standard InChI is InChI=1S/C28H22N10O6/c1-43-27-15-23(35-31-17-29-33(35)19-3-7-21(8-4-19)37(39)40)11-13-25(27)26-14-12-24(16-28(26)44-2)36-32-18-30-34(36)20-5-9-22(10-6-20)38(41)42/h3-18H,1-2H3/q+2. The predicted molar refractivity (Wildman–Crippen MR) is 151 cm³/mol. The third-order valence-electron chi connectivity index (χ3n) is 6.71. The Bertz CT molecular complexity index is 1860. The second kappa shape index (κ2) is 11.4. The molecule has 16 nitrogen and oxygen atoms in total. The van der Waals surface area contributed by atoms with Gasteiger partial charge < -0.3 is 9.47 Å². The van der Waals surface area contributed by atoms with Crippen LogP contribution in [0.2, 0.25) is 0 Å². The molecule has 0 aliphatic heterocycles.